The van der Waals surface area contributed by atoms with Crippen LogP contribution in [-0.2, 0) is 6.61 Å². The first kappa shape index (κ1) is 12.7. The summed E-state index contributed by atoms with van der Waals surface area (Å²) in [5.74, 6) is 0. The number of halogens is 1. The quantitative estimate of drug-likeness (QED) is 0.736. The fourth-order valence-electron chi connectivity index (χ4n) is 1.78. The van der Waals surface area contributed by atoms with Crippen LogP contribution in [0.15, 0.2) is 60.9 Å². The minimum absolute atomic E-state index is 0.328. The van der Waals surface area contributed by atoms with Crippen LogP contribution in [-0.4, -0.2) is 14.8 Å². The van der Waals surface area contributed by atoms with Gasteiger partial charge in [0.15, 0.2) is 0 Å². The summed E-state index contributed by atoms with van der Waals surface area (Å²) in [5.41, 5.74) is 1.85. The van der Waals surface area contributed by atoms with Crippen molar-refractivity contribution in [1.82, 2.24) is 14.8 Å². The van der Waals surface area contributed by atoms with Crippen molar-refractivity contribution >= 4 is 11.6 Å². The summed E-state index contributed by atoms with van der Waals surface area (Å²) in [6.07, 6.45) is 1.62. The van der Waals surface area contributed by atoms with E-state index in [1.54, 1.807) is 11.0 Å². The van der Waals surface area contributed by atoms with Crippen molar-refractivity contribution in [2.45, 2.75) is 6.61 Å². The second-order valence-corrected chi connectivity index (χ2v) is 4.59. The Morgan fingerprint density at radius 1 is 1.00 bits per heavy atom. The average molecular weight is 286 g/mol. The molecule has 20 heavy (non-hydrogen) atoms. The van der Waals surface area contributed by atoms with Crippen molar-refractivity contribution in [3.05, 3.63) is 71.5 Å². The lowest BCUT2D eigenvalue weighted by Crippen LogP contribution is -1.99. The molecule has 0 radical (unpaired) electrons. The van der Waals surface area contributed by atoms with Crippen molar-refractivity contribution in [3.63, 3.8) is 0 Å². The Labute approximate surface area is 121 Å². The molecule has 5 heteroatoms. The highest BCUT2D eigenvalue weighted by Crippen LogP contribution is 2.17. The number of nitrogens with zero attached hydrogens (tertiary/aromatic N) is 3. The van der Waals surface area contributed by atoms with Gasteiger partial charge in [0.05, 0.1) is 5.69 Å². The molecule has 0 aliphatic carbocycles. The van der Waals surface area contributed by atoms with E-state index in [2.05, 4.69) is 10.1 Å². The first-order valence-corrected chi connectivity index (χ1v) is 6.54. The number of hydrogen-bond acceptors (Lipinski definition) is 3. The molecule has 1 aromatic heterocycles. The van der Waals surface area contributed by atoms with Gasteiger partial charge in [-0.2, -0.15) is 4.98 Å². The lowest BCUT2D eigenvalue weighted by molar-refractivity contribution is 0.281. The maximum Gasteiger partial charge on any atom is 0.336 e. The maximum absolute atomic E-state index is 6.07. The molecule has 1 heterocycles. The Bertz CT molecular complexity index is 697. The lowest BCUT2D eigenvalue weighted by atomic mass is 10.2. The van der Waals surface area contributed by atoms with Gasteiger partial charge in [-0.25, -0.2) is 4.68 Å². The molecular weight excluding hydrogens is 274 g/mol. The van der Waals surface area contributed by atoms with Gasteiger partial charge in [0.2, 0.25) is 0 Å². The Morgan fingerprint density at radius 3 is 2.55 bits per heavy atom. The Morgan fingerprint density at radius 2 is 1.75 bits per heavy atom. The van der Waals surface area contributed by atoms with E-state index in [1.807, 2.05) is 54.6 Å². The fourth-order valence-corrected chi connectivity index (χ4v) is 1.97. The summed E-state index contributed by atoms with van der Waals surface area (Å²) in [4.78, 5) is 4.12. The Balaban J connectivity index is 1.71. The zero-order chi connectivity index (χ0) is 13.8. The minimum atomic E-state index is 0.328. The first-order valence-electron chi connectivity index (χ1n) is 6.16. The number of ether oxygens (including phenoxy) is 1. The van der Waals surface area contributed by atoms with E-state index in [-0.39, 0.29) is 0 Å². The number of para-hydroxylation sites is 1. The first-order chi connectivity index (χ1) is 9.83. The van der Waals surface area contributed by atoms with Crippen LogP contribution in [0.25, 0.3) is 5.69 Å². The Hall–Kier alpha value is -2.33. The molecule has 0 bridgehead atoms. The van der Waals surface area contributed by atoms with E-state index in [1.165, 1.54) is 0 Å². The molecule has 100 valence electrons. The maximum atomic E-state index is 6.07. The average Bonchev–Trinajstić information content (AvgIpc) is 2.96. The monoisotopic (exact) mass is 285 g/mol. The normalized spacial score (nSPS) is 10.4. The van der Waals surface area contributed by atoms with E-state index in [4.69, 9.17) is 16.3 Å². The molecule has 0 saturated heterocycles. The van der Waals surface area contributed by atoms with Crippen molar-refractivity contribution < 1.29 is 4.74 Å². The van der Waals surface area contributed by atoms with E-state index < -0.39 is 0 Å². The minimum Gasteiger partial charge on any atom is -0.457 e. The van der Waals surface area contributed by atoms with Gasteiger partial charge in [-0.15, -0.1) is 5.10 Å². The van der Waals surface area contributed by atoms with Crippen molar-refractivity contribution in [2.75, 3.05) is 0 Å². The summed E-state index contributed by atoms with van der Waals surface area (Å²) in [5, 5.41) is 4.94. The van der Waals surface area contributed by atoms with Crippen LogP contribution in [0.1, 0.15) is 5.56 Å². The second kappa shape index (κ2) is 5.75. The smallest absolute Gasteiger partial charge is 0.336 e. The summed E-state index contributed by atoms with van der Waals surface area (Å²) >= 11 is 6.07. The van der Waals surface area contributed by atoms with Gasteiger partial charge in [0.25, 0.3) is 0 Å². The molecule has 3 rings (SSSR count). The molecule has 0 aliphatic rings. The molecule has 2 aromatic carbocycles. The summed E-state index contributed by atoms with van der Waals surface area (Å²) in [6.45, 7) is 0.346. The van der Waals surface area contributed by atoms with Crippen LogP contribution in [0.5, 0.6) is 6.01 Å². The van der Waals surface area contributed by atoms with Crippen LogP contribution in [0.4, 0.5) is 0 Å². The van der Waals surface area contributed by atoms with Crippen LogP contribution >= 0.6 is 11.6 Å². The highest BCUT2D eigenvalue weighted by molar-refractivity contribution is 6.31. The lowest BCUT2D eigenvalue weighted by Gasteiger charge is -2.03. The van der Waals surface area contributed by atoms with Crippen LogP contribution in [0.3, 0.4) is 0 Å². The fraction of sp³-hybridized carbons (Fsp3) is 0.0667. The van der Waals surface area contributed by atoms with Gasteiger partial charge < -0.3 is 4.74 Å². The van der Waals surface area contributed by atoms with Gasteiger partial charge in [-0.3, -0.25) is 0 Å². The van der Waals surface area contributed by atoms with Crippen LogP contribution < -0.4 is 4.74 Å². The number of rotatable bonds is 4. The van der Waals surface area contributed by atoms with Crippen molar-refractivity contribution in [3.8, 4) is 11.7 Å². The predicted molar refractivity (Wildman–Crippen MR) is 77.1 cm³/mol. The summed E-state index contributed by atoms with van der Waals surface area (Å²) < 4.78 is 7.22. The molecule has 3 aromatic rings. The summed E-state index contributed by atoms with van der Waals surface area (Å²) in [6, 6.07) is 17.6. The summed E-state index contributed by atoms with van der Waals surface area (Å²) in [7, 11) is 0. The molecule has 0 spiro atoms. The molecule has 0 aliphatic heterocycles. The highest BCUT2D eigenvalue weighted by atomic mass is 35.5. The molecule has 0 fully saturated rings. The topological polar surface area (TPSA) is 39.9 Å². The number of hydrogen-bond donors (Lipinski definition) is 0. The molecule has 0 amide bonds. The molecule has 4 nitrogen and oxygen atoms in total. The van der Waals surface area contributed by atoms with Gasteiger partial charge in [0, 0.05) is 10.6 Å². The second-order valence-electron chi connectivity index (χ2n) is 4.19. The zero-order valence-electron chi connectivity index (χ0n) is 10.6. The SMILES string of the molecule is Clc1ccccc1COc1ncn(-c2ccccc2)n1. The van der Waals surface area contributed by atoms with E-state index >= 15 is 0 Å². The van der Waals surface area contributed by atoms with Gasteiger partial charge in [0.1, 0.15) is 12.9 Å². The van der Waals surface area contributed by atoms with Crippen LogP contribution in [0, 0.1) is 0 Å². The third-order valence-corrected chi connectivity index (χ3v) is 3.17. The molecule has 0 atom stereocenters. The van der Waals surface area contributed by atoms with Gasteiger partial charge in [-0.05, 0) is 18.2 Å². The highest BCUT2D eigenvalue weighted by Gasteiger charge is 2.05. The third-order valence-electron chi connectivity index (χ3n) is 2.81. The van der Waals surface area contributed by atoms with E-state index in [0.717, 1.165) is 11.3 Å². The molecule has 0 unspecified atom stereocenters. The van der Waals surface area contributed by atoms with Crippen molar-refractivity contribution in [1.29, 1.82) is 0 Å². The molecular formula is C15H12ClN3O. The van der Waals surface area contributed by atoms with Crippen molar-refractivity contribution in [2.24, 2.45) is 0 Å². The third kappa shape index (κ3) is 2.81. The number of benzene rings is 2. The molecule has 0 saturated carbocycles. The van der Waals surface area contributed by atoms with Gasteiger partial charge in [-0.1, -0.05) is 48.0 Å². The van der Waals surface area contributed by atoms with E-state index in [0.29, 0.717) is 17.6 Å². The van der Waals surface area contributed by atoms with E-state index in [9.17, 15) is 0 Å². The Kier molecular flexibility index (Phi) is 3.65. The van der Waals surface area contributed by atoms with Gasteiger partial charge >= 0.3 is 6.01 Å². The zero-order valence-corrected chi connectivity index (χ0v) is 11.4. The largest absolute Gasteiger partial charge is 0.457 e. The number of aromatic nitrogens is 3. The predicted octanol–water partition coefficient (Wildman–Crippen LogP) is 3.50. The standard InChI is InChI=1S/C15H12ClN3O/c16-14-9-5-4-6-12(14)10-20-15-17-11-19(18-15)13-7-2-1-3-8-13/h1-9,11H,10H2. The molecule has 0 N–H and O–H groups in total. The van der Waals surface area contributed by atoms with Crippen LogP contribution in [0.2, 0.25) is 5.02 Å².